The molecule has 0 spiro atoms. The van der Waals surface area contributed by atoms with Crippen LogP contribution in [0, 0.1) is 0 Å². The van der Waals surface area contributed by atoms with Gasteiger partial charge in [0.1, 0.15) is 0 Å². The van der Waals surface area contributed by atoms with Gasteiger partial charge in [-0.2, -0.15) is 5.10 Å². The lowest BCUT2D eigenvalue weighted by Crippen LogP contribution is -2.44. The zero-order chi connectivity index (χ0) is 13.7. The molecule has 1 aliphatic rings. The number of anilines is 1. The van der Waals surface area contributed by atoms with Crippen LogP contribution in [0.3, 0.4) is 0 Å². The summed E-state index contributed by atoms with van der Waals surface area (Å²) in [6.07, 6.45) is 0. The van der Waals surface area contributed by atoms with E-state index in [1.807, 2.05) is 36.1 Å². The second-order valence-electron chi connectivity index (χ2n) is 4.30. The van der Waals surface area contributed by atoms with Gasteiger partial charge in [0.2, 0.25) is 0 Å². The van der Waals surface area contributed by atoms with Gasteiger partial charge in [0, 0.05) is 24.3 Å². The van der Waals surface area contributed by atoms with Crippen molar-refractivity contribution in [1.29, 1.82) is 0 Å². The summed E-state index contributed by atoms with van der Waals surface area (Å²) in [5.41, 5.74) is 11.3. The van der Waals surface area contributed by atoms with Gasteiger partial charge < -0.3 is 15.4 Å². The van der Waals surface area contributed by atoms with Gasteiger partial charge in [-0.1, -0.05) is 18.2 Å². The molecule has 102 valence electrons. The number of para-hydroxylation sites is 1. The Morgan fingerprint density at radius 1 is 1.37 bits per heavy atom. The maximum absolute atomic E-state index is 5.90. The molecule has 1 heterocycles. The molecule has 0 amide bonds. The first-order valence-corrected chi connectivity index (χ1v) is 6.61. The van der Waals surface area contributed by atoms with Gasteiger partial charge in [-0.25, -0.2) is 0 Å². The summed E-state index contributed by atoms with van der Waals surface area (Å²) < 4.78 is 5.28. The summed E-state index contributed by atoms with van der Waals surface area (Å²) in [5, 5.41) is 4.92. The topological polar surface area (TPSA) is 62.9 Å². The van der Waals surface area contributed by atoms with Crippen molar-refractivity contribution in [2.75, 3.05) is 32.0 Å². The standard InChI is InChI=1S/C13H18N4OS/c1-10(11-4-2-3-5-12(11)14)15-16-13(19)17-6-8-18-9-7-17/h2-5H,6-9,14H2,1H3,(H,16,19)/b15-10+. The average molecular weight is 278 g/mol. The van der Waals surface area contributed by atoms with E-state index in [1.165, 1.54) is 0 Å². The van der Waals surface area contributed by atoms with Gasteiger partial charge in [0.25, 0.3) is 0 Å². The van der Waals surface area contributed by atoms with Crippen LogP contribution in [-0.2, 0) is 4.74 Å². The molecule has 6 heteroatoms. The fraction of sp³-hybridized carbons (Fsp3) is 0.385. The number of hydrogen-bond donors (Lipinski definition) is 2. The Morgan fingerprint density at radius 3 is 2.74 bits per heavy atom. The summed E-state index contributed by atoms with van der Waals surface area (Å²) in [7, 11) is 0. The SMILES string of the molecule is C/C(=N\NC(=S)N1CCOCC1)c1ccccc1N. The molecular formula is C13H18N4OS. The zero-order valence-corrected chi connectivity index (χ0v) is 11.7. The van der Waals surface area contributed by atoms with E-state index >= 15 is 0 Å². The number of hydrazone groups is 1. The van der Waals surface area contributed by atoms with Crippen LogP contribution in [0.2, 0.25) is 0 Å². The normalized spacial score (nSPS) is 16.3. The second-order valence-corrected chi connectivity index (χ2v) is 4.69. The van der Waals surface area contributed by atoms with Crippen LogP contribution < -0.4 is 11.2 Å². The van der Waals surface area contributed by atoms with E-state index in [9.17, 15) is 0 Å². The van der Waals surface area contributed by atoms with E-state index in [0.29, 0.717) is 24.0 Å². The second kappa shape index (κ2) is 6.49. The van der Waals surface area contributed by atoms with Crippen LogP contribution in [0.4, 0.5) is 5.69 Å². The summed E-state index contributed by atoms with van der Waals surface area (Å²) in [4.78, 5) is 2.05. The number of nitrogen functional groups attached to an aromatic ring is 1. The number of benzene rings is 1. The third kappa shape index (κ3) is 3.65. The number of ether oxygens (including phenoxy) is 1. The van der Waals surface area contributed by atoms with Crippen molar-refractivity contribution in [2.45, 2.75) is 6.92 Å². The molecule has 2 rings (SSSR count). The molecule has 5 nitrogen and oxygen atoms in total. The van der Waals surface area contributed by atoms with Crippen LogP contribution >= 0.6 is 12.2 Å². The van der Waals surface area contributed by atoms with E-state index in [1.54, 1.807) is 0 Å². The Hall–Kier alpha value is -1.66. The predicted molar refractivity (Wildman–Crippen MR) is 81.2 cm³/mol. The molecule has 0 unspecified atom stereocenters. The van der Waals surface area contributed by atoms with Gasteiger partial charge in [-0.15, -0.1) is 0 Å². The van der Waals surface area contributed by atoms with Gasteiger partial charge in [-0.05, 0) is 25.2 Å². The minimum Gasteiger partial charge on any atom is -0.398 e. The molecular weight excluding hydrogens is 260 g/mol. The largest absolute Gasteiger partial charge is 0.398 e. The number of nitrogens with two attached hydrogens (primary N) is 1. The fourth-order valence-corrected chi connectivity index (χ4v) is 2.08. The number of thiocarbonyl (C=S) groups is 1. The van der Waals surface area contributed by atoms with Crippen molar-refractivity contribution in [3.63, 3.8) is 0 Å². The smallest absolute Gasteiger partial charge is 0.189 e. The Balaban J connectivity index is 1.98. The molecule has 0 aromatic heterocycles. The predicted octanol–water partition coefficient (Wildman–Crippen LogP) is 1.20. The summed E-state index contributed by atoms with van der Waals surface area (Å²) in [5.74, 6) is 0. The molecule has 0 aliphatic carbocycles. The molecule has 0 radical (unpaired) electrons. The quantitative estimate of drug-likeness (QED) is 0.368. The van der Waals surface area contributed by atoms with Crippen molar-refractivity contribution < 1.29 is 4.74 Å². The molecule has 1 aromatic rings. The molecule has 0 saturated carbocycles. The zero-order valence-electron chi connectivity index (χ0n) is 10.9. The van der Waals surface area contributed by atoms with Gasteiger partial charge in [-0.3, -0.25) is 5.43 Å². The Labute approximate surface area is 118 Å². The average Bonchev–Trinajstić information content (AvgIpc) is 2.46. The van der Waals surface area contributed by atoms with Crippen LogP contribution in [0.1, 0.15) is 12.5 Å². The lowest BCUT2D eigenvalue weighted by Gasteiger charge is -2.28. The highest BCUT2D eigenvalue weighted by Gasteiger charge is 2.13. The highest BCUT2D eigenvalue weighted by molar-refractivity contribution is 7.80. The van der Waals surface area contributed by atoms with E-state index < -0.39 is 0 Å². The number of rotatable bonds is 2. The first-order chi connectivity index (χ1) is 9.18. The maximum Gasteiger partial charge on any atom is 0.189 e. The van der Waals surface area contributed by atoms with E-state index in [2.05, 4.69) is 10.5 Å². The number of nitrogens with zero attached hydrogens (tertiary/aromatic N) is 2. The first kappa shape index (κ1) is 13.8. The van der Waals surface area contributed by atoms with Crippen molar-refractivity contribution in [1.82, 2.24) is 10.3 Å². The lowest BCUT2D eigenvalue weighted by molar-refractivity contribution is 0.0677. The van der Waals surface area contributed by atoms with Crippen molar-refractivity contribution in [2.24, 2.45) is 5.10 Å². The lowest BCUT2D eigenvalue weighted by atomic mass is 10.1. The highest BCUT2D eigenvalue weighted by atomic mass is 32.1. The minimum atomic E-state index is 0.622. The fourth-order valence-electron chi connectivity index (χ4n) is 1.86. The Kier molecular flexibility index (Phi) is 4.70. The molecule has 3 N–H and O–H groups in total. The maximum atomic E-state index is 5.90. The van der Waals surface area contributed by atoms with E-state index in [4.69, 9.17) is 22.7 Å². The molecule has 0 bridgehead atoms. The van der Waals surface area contributed by atoms with Crippen LogP contribution in [0.5, 0.6) is 0 Å². The van der Waals surface area contributed by atoms with Crippen molar-refractivity contribution in [3.05, 3.63) is 29.8 Å². The monoisotopic (exact) mass is 278 g/mol. The molecule has 1 saturated heterocycles. The number of morpholine rings is 1. The van der Waals surface area contributed by atoms with Gasteiger partial charge in [0.15, 0.2) is 5.11 Å². The molecule has 1 aromatic carbocycles. The highest BCUT2D eigenvalue weighted by Crippen LogP contribution is 2.11. The van der Waals surface area contributed by atoms with Crippen LogP contribution in [0.15, 0.2) is 29.4 Å². The van der Waals surface area contributed by atoms with E-state index in [-0.39, 0.29) is 0 Å². The molecule has 19 heavy (non-hydrogen) atoms. The molecule has 1 fully saturated rings. The molecule has 1 aliphatic heterocycles. The van der Waals surface area contributed by atoms with Crippen molar-refractivity contribution >= 4 is 28.7 Å². The number of hydrogen-bond acceptors (Lipinski definition) is 4. The minimum absolute atomic E-state index is 0.622. The third-order valence-corrected chi connectivity index (χ3v) is 3.32. The number of nitrogens with one attached hydrogen (secondary N) is 1. The summed E-state index contributed by atoms with van der Waals surface area (Å²) in [6.45, 7) is 4.91. The molecule has 0 atom stereocenters. The van der Waals surface area contributed by atoms with Crippen LogP contribution in [0.25, 0.3) is 0 Å². The Bertz CT molecular complexity index is 483. The van der Waals surface area contributed by atoms with Crippen LogP contribution in [-0.4, -0.2) is 42.0 Å². The van der Waals surface area contributed by atoms with Gasteiger partial charge in [0.05, 0.1) is 18.9 Å². The Morgan fingerprint density at radius 2 is 2.05 bits per heavy atom. The van der Waals surface area contributed by atoms with Gasteiger partial charge >= 0.3 is 0 Å². The first-order valence-electron chi connectivity index (χ1n) is 6.20. The van der Waals surface area contributed by atoms with E-state index in [0.717, 1.165) is 24.4 Å². The van der Waals surface area contributed by atoms with Crippen molar-refractivity contribution in [3.8, 4) is 0 Å². The third-order valence-electron chi connectivity index (χ3n) is 2.97. The summed E-state index contributed by atoms with van der Waals surface area (Å²) >= 11 is 5.30. The summed E-state index contributed by atoms with van der Waals surface area (Å²) in [6, 6.07) is 7.63.